The van der Waals surface area contributed by atoms with Gasteiger partial charge in [0.05, 0.1) is 23.6 Å². The Balaban J connectivity index is 1.22. The van der Waals surface area contributed by atoms with Gasteiger partial charge in [0.15, 0.2) is 0 Å². The molecule has 0 saturated carbocycles. The summed E-state index contributed by atoms with van der Waals surface area (Å²) >= 11 is 1.75. The summed E-state index contributed by atoms with van der Waals surface area (Å²) in [6, 6.07) is 20.5. The fraction of sp³-hybridized carbons (Fsp3) is 0.290. The maximum atomic E-state index is 4.90. The van der Waals surface area contributed by atoms with Crippen LogP contribution in [0, 0.1) is 0 Å². The van der Waals surface area contributed by atoms with Crippen molar-refractivity contribution in [2.24, 2.45) is 4.99 Å². The van der Waals surface area contributed by atoms with Crippen molar-refractivity contribution in [2.45, 2.75) is 57.5 Å². The van der Waals surface area contributed by atoms with Gasteiger partial charge in [-0.15, -0.1) is 0 Å². The number of dihydropyridines is 1. The highest BCUT2D eigenvalue weighted by molar-refractivity contribution is 7.07. The first kappa shape index (κ1) is 24.0. The number of benzene rings is 2. The monoisotopic (exact) mass is 507 g/mol. The van der Waals surface area contributed by atoms with Crippen molar-refractivity contribution in [3.05, 3.63) is 112 Å². The lowest BCUT2D eigenvalue weighted by Crippen LogP contribution is -2.37. The highest BCUT2D eigenvalue weighted by atomic mass is 32.1. The van der Waals surface area contributed by atoms with Gasteiger partial charge < -0.3 is 10.3 Å². The Kier molecular flexibility index (Phi) is 7.13. The first-order valence-electron chi connectivity index (χ1n) is 13.1. The number of nitrogens with one attached hydrogen (secondary N) is 2. The van der Waals surface area contributed by atoms with Crippen molar-refractivity contribution < 1.29 is 0 Å². The molecule has 6 rings (SSSR count). The van der Waals surface area contributed by atoms with Crippen LogP contribution in [0.3, 0.4) is 0 Å². The molecule has 1 aliphatic heterocycles. The molecule has 6 heteroatoms. The lowest BCUT2D eigenvalue weighted by Gasteiger charge is -2.34. The molecule has 0 saturated heterocycles. The van der Waals surface area contributed by atoms with Crippen molar-refractivity contribution in [3.63, 3.8) is 0 Å². The molecular formula is C31H33N5S. The van der Waals surface area contributed by atoms with E-state index in [2.05, 4.69) is 105 Å². The minimum atomic E-state index is 0.314. The molecule has 0 radical (unpaired) electrons. The number of aliphatic imine (C=N–C) groups is 1. The zero-order valence-corrected chi connectivity index (χ0v) is 22.0. The van der Waals surface area contributed by atoms with Crippen LogP contribution in [-0.4, -0.2) is 33.2 Å². The van der Waals surface area contributed by atoms with Crippen LogP contribution in [0.2, 0.25) is 0 Å². The number of thiophene rings is 1. The van der Waals surface area contributed by atoms with E-state index in [1.807, 2.05) is 12.3 Å². The summed E-state index contributed by atoms with van der Waals surface area (Å²) in [7, 11) is 0. The number of nitrogens with zero attached hydrogens (tertiary/aromatic N) is 3. The molecule has 3 unspecified atom stereocenters. The van der Waals surface area contributed by atoms with Gasteiger partial charge in [-0.3, -0.25) is 9.89 Å². The number of aromatic nitrogens is 2. The lowest BCUT2D eigenvalue weighted by atomic mass is 9.89. The maximum Gasteiger partial charge on any atom is 0.121 e. The molecule has 0 amide bonds. The Morgan fingerprint density at radius 2 is 2.00 bits per heavy atom. The number of hydrogen-bond donors (Lipinski definition) is 2. The van der Waals surface area contributed by atoms with Gasteiger partial charge in [0.2, 0.25) is 0 Å². The summed E-state index contributed by atoms with van der Waals surface area (Å²) < 4.78 is 0. The Bertz CT molecular complexity index is 1400. The van der Waals surface area contributed by atoms with E-state index in [-0.39, 0.29) is 0 Å². The summed E-state index contributed by atoms with van der Waals surface area (Å²) in [4.78, 5) is 15.7. The molecule has 0 bridgehead atoms. The SMILES string of the molecule is CC(NCc1cccc(CN(Cc2nc3ccccc3[nH]2)C2C=C3C=CC=NC3CC2)c1)c1ccsc1. The van der Waals surface area contributed by atoms with E-state index >= 15 is 0 Å². The summed E-state index contributed by atoms with van der Waals surface area (Å²) in [5.74, 6) is 1.02. The van der Waals surface area contributed by atoms with Crippen molar-refractivity contribution in [1.82, 2.24) is 20.2 Å². The predicted molar refractivity (Wildman–Crippen MR) is 154 cm³/mol. The zero-order chi connectivity index (χ0) is 25.0. The van der Waals surface area contributed by atoms with Crippen molar-refractivity contribution in [1.29, 1.82) is 0 Å². The van der Waals surface area contributed by atoms with Crippen LogP contribution in [0.25, 0.3) is 11.0 Å². The van der Waals surface area contributed by atoms with Crippen LogP contribution < -0.4 is 5.32 Å². The fourth-order valence-electron chi connectivity index (χ4n) is 5.38. The van der Waals surface area contributed by atoms with Gasteiger partial charge in [-0.05, 0) is 77.1 Å². The third-order valence-electron chi connectivity index (χ3n) is 7.44. The van der Waals surface area contributed by atoms with E-state index in [0.717, 1.165) is 49.3 Å². The average Bonchev–Trinajstić information content (AvgIpc) is 3.61. The number of fused-ring (bicyclic) bond motifs is 2. The molecule has 0 spiro atoms. The second-order valence-electron chi connectivity index (χ2n) is 10.1. The van der Waals surface area contributed by atoms with Gasteiger partial charge in [-0.2, -0.15) is 11.3 Å². The summed E-state index contributed by atoms with van der Waals surface area (Å²) in [6.07, 6.45) is 10.8. The van der Waals surface area contributed by atoms with Gasteiger partial charge in [0.25, 0.3) is 0 Å². The molecule has 4 aromatic rings. The largest absolute Gasteiger partial charge is 0.341 e. The quantitative estimate of drug-likeness (QED) is 0.269. The van der Waals surface area contributed by atoms with Gasteiger partial charge in [0.1, 0.15) is 5.82 Å². The molecule has 2 aromatic carbocycles. The molecule has 188 valence electrons. The lowest BCUT2D eigenvalue weighted by molar-refractivity contribution is 0.188. The Hall–Kier alpha value is -3.32. The molecule has 37 heavy (non-hydrogen) atoms. The predicted octanol–water partition coefficient (Wildman–Crippen LogP) is 6.58. The van der Waals surface area contributed by atoms with E-state index < -0.39 is 0 Å². The normalized spacial score (nSPS) is 19.8. The van der Waals surface area contributed by atoms with Gasteiger partial charge in [-0.1, -0.05) is 48.6 Å². The van der Waals surface area contributed by atoms with E-state index in [1.54, 1.807) is 11.3 Å². The third-order valence-corrected chi connectivity index (χ3v) is 8.14. The van der Waals surface area contributed by atoms with Crippen LogP contribution in [0.15, 0.2) is 94.2 Å². The molecule has 1 aliphatic carbocycles. The number of imidazole rings is 1. The van der Waals surface area contributed by atoms with Crippen LogP contribution >= 0.6 is 11.3 Å². The van der Waals surface area contributed by atoms with Crippen molar-refractivity contribution in [3.8, 4) is 0 Å². The summed E-state index contributed by atoms with van der Waals surface area (Å²) in [5.41, 5.74) is 7.46. The van der Waals surface area contributed by atoms with E-state index in [4.69, 9.17) is 4.98 Å². The fourth-order valence-corrected chi connectivity index (χ4v) is 6.13. The summed E-state index contributed by atoms with van der Waals surface area (Å²) in [6.45, 7) is 4.73. The first-order valence-corrected chi connectivity index (χ1v) is 14.1. The van der Waals surface area contributed by atoms with Gasteiger partial charge >= 0.3 is 0 Å². The molecule has 3 atom stereocenters. The number of aromatic amines is 1. The minimum absolute atomic E-state index is 0.314. The van der Waals surface area contributed by atoms with E-state index in [9.17, 15) is 0 Å². The molecule has 2 N–H and O–H groups in total. The number of allylic oxidation sites excluding steroid dienone is 1. The molecule has 2 aromatic heterocycles. The van der Waals surface area contributed by atoms with Gasteiger partial charge in [0, 0.05) is 31.4 Å². The molecule has 2 aliphatic rings. The Labute approximate surface area is 222 Å². The van der Waals surface area contributed by atoms with Crippen LogP contribution in [0.1, 0.15) is 48.3 Å². The smallest absolute Gasteiger partial charge is 0.121 e. The number of para-hydroxylation sites is 2. The van der Waals surface area contributed by atoms with Crippen LogP contribution in [0.4, 0.5) is 0 Å². The Morgan fingerprint density at radius 1 is 1.08 bits per heavy atom. The minimum Gasteiger partial charge on any atom is -0.341 e. The van der Waals surface area contributed by atoms with E-state index in [0.29, 0.717) is 18.1 Å². The van der Waals surface area contributed by atoms with Gasteiger partial charge in [-0.25, -0.2) is 4.98 Å². The third kappa shape index (κ3) is 5.67. The highest BCUT2D eigenvalue weighted by Gasteiger charge is 2.27. The first-order chi connectivity index (χ1) is 18.2. The average molecular weight is 508 g/mol. The second-order valence-corrected chi connectivity index (χ2v) is 10.8. The topological polar surface area (TPSA) is 56.3 Å². The van der Waals surface area contributed by atoms with Crippen molar-refractivity contribution >= 4 is 28.6 Å². The van der Waals surface area contributed by atoms with Crippen LogP contribution in [0.5, 0.6) is 0 Å². The molecule has 5 nitrogen and oxygen atoms in total. The molecular weight excluding hydrogens is 474 g/mol. The molecule has 3 heterocycles. The number of rotatable bonds is 9. The standard InChI is InChI=1S/C31H33N5S/c1-22(26-13-15-37-21-26)33-18-23-6-4-7-24(16-23)19-36(20-31-34-29-9-2-3-10-30(29)35-31)27-11-12-28-25(17-27)8-5-14-32-28/h2-10,13-17,21-22,27-28,33H,11-12,18-20H2,1H3,(H,34,35). The van der Waals surface area contributed by atoms with E-state index in [1.165, 1.54) is 22.3 Å². The highest BCUT2D eigenvalue weighted by Crippen LogP contribution is 2.29. The molecule has 0 fully saturated rings. The summed E-state index contributed by atoms with van der Waals surface area (Å²) in [5, 5.41) is 8.04. The van der Waals surface area contributed by atoms with Crippen molar-refractivity contribution in [2.75, 3.05) is 0 Å². The number of hydrogen-bond acceptors (Lipinski definition) is 5. The Morgan fingerprint density at radius 3 is 2.89 bits per heavy atom. The number of H-pyrrole nitrogens is 1. The second kappa shape index (κ2) is 11.0. The van der Waals surface area contributed by atoms with Crippen LogP contribution in [-0.2, 0) is 19.6 Å². The zero-order valence-electron chi connectivity index (χ0n) is 21.2. The maximum absolute atomic E-state index is 4.90.